The number of nitrogens with zero attached hydrogens (tertiary/aromatic N) is 2. The molecule has 0 saturated heterocycles. The minimum absolute atomic E-state index is 0.105. The number of halogens is 1. The average Bonchev–Trinajstić information content (AvgIpc) is 2.92. The molecule has 3 aromatic carbocycles. The van der Waals surface area contributed by atoms with Gasteiger partial charge >= 0.3 is 0 Å². The van der Waals surface area contributed by atoms with Crippen LogP contribution in [0, 0.1) is 0 Å². The van der Waals surface area contributed by atoms with Crippen LogP contribution in [0.5, 0.6) is 0 Å². The Balaban J connectivity index is 1.77. The molecule has 7 nitrogen and oxygen atoms in total. The number of carbonyl (C=O) groups excluding carboxylic acids is 2. The van der Waals surface area contributed by atoms with E-state index in [-0.39, 0.29) is 36.2 Å². The van der Waals surface area contributed by atoms with Crippen LogP contribution in [0.1, 0.15) is 24.0 Å². The fourth-order valence-corrected chi connectivity index (χ4v) is 5.49. The van der Waals surface area contributed by atoms with Gasteiger partial charge in [-0.3, -0.25) is 9.59 Å². The van der Waals surface area contributed by atoms with Crippen LogP contribution >= 0.6 is 15.9 Å². The molecule has 0 aromatic heterocycles. The quantitative estimate of drug-likeness (QED) is 0.344. The number of nitrogens with one attached hydrogen (secondary N) is 1. The van der Waals surface area contributed by atoms with E-state index in [9.17, 15) is 18.0 Å². The SMILES string of the molecule is CNC(=O)[C@@H](Cc1ccccc1)N(Cc1ccc(Br)cc1)C(=O)CCCN(C)S(=O)(=O)c1ccccc1. The Bertz CT molecular complexity index is 1270. The summed E-state index contributed by atoms with van der Waals surface area (Å²) in [7, 11) is -0.574. The lowest BCUT2D eigenvalue weighted by Gasteiger charge is -2.31. The van der Waals surface area contributed by atoms with E-state index in [2.05, 4.69) is 21.2 Å². The Morgan fingerprint density at radius 1 is 0.892 bits per heavy atom. The number of rotatable bonds is 12. The minimum Gasteiger partial charge on any atom is -0.357 e. The van der Waals surface area contributed by atoms with Crippen molar-refractivity contribution in [2.45, 2.75) is 36.7 Å². The first-order chi connectivity index (χ1) is 17.7. The predicted molar refractivity (Wildman–Crippen MR) is 148 cm³/mol. The van der Waals surface area contributed by atoms with Crippen molar-refractivity contribution in [2.24, 2.45) is 0 Å². The second-order valence-electron chi connectivity index (χ2n) is 8.71. The highest BCUT2D eigenvalue weighted by Crippen LogP contribution is 2.19. The molecule has 0 aliphatic heterocycles. The first kappa shape index (κ1) is 28.6. The van der Waals surface area contributed by atoms with Crippen LogP contribution in [-0.2, 0) is 32.6 Å². The second-order valence-corrected chi connectivity index (χ2v) is 11.7. The average molecular weight is 587 g/mol. The predicted octanol–water partition coefficient (Wildman–Crippen LogP) is 4.24. The molecule has 0 spiro atoms. The number of hydrogen-bond acceptors (Lipinski definition) is 4. The molecule has 0 aliphatic carbocycles. The van der Waals surface area contributed by atoms with Gasteiger partial charge in [-0.15, -0.1) is 0 Å². The van der Waals surface area contributed by atoms with Gasteiger partial charge in [0.15, 0.2) is 0 Å². The van der Waals surface area contributed by atoms with Gasteiger partial charge in [-0.1, -0.05) is 76.6 Å². The lowest BCUT2D eigenvalue weighted by molar-refractivity contribution is -0.141. The summed E-state index contributed by atoms with van der Waals surface area (Å²) < 4.78 is 27.8. The maximum atomic E-state index is 13.5. The second kappa shape index (κ2) is 13.5. The van der Waals surface area contributed by atoms with Crippen molar-refractivity contribution in [2.75, 3.05) is 20.6 Å². The van der Waals surface area contributed by atoms with Crippen LogP contribution in [0.2, 0.25) is 0 Å². The van der Waals surface area contributed by atoms with Gasteiger partial charge in [-0.05, 0) is 41.8 Å². The molecule has 1 atom stereocenters. The summed E-state index contributed by atoms with van der Waals surface area (Å²) in [6.45, 7) is 0.438. The molecule has 0 aliphatic rings. The monoisotopic (exact) mass is 585 g/mol. The van der Waals surface area contributed by atoms with Crippen LogP contribution < -0.4 is 5.32 Å². The smallest absolute Gasteiger partial charge is 0.242 e. The van der Waals surface area contributed by atoms with E-state index < -0.39 is 16.1 Å². The first-order valence-corrected chi connectivity index (χ1v) is 14.3. The fraction of sp³-hybridized carbons (Fsp3) is 0.286. The van der Waals surface area contributed by atoms with E-state index in [0.717, 1.165) is 15.6 Å². The number of sulfonamides is 1. The fourth-order valence-electron chi connectivity index (χ4n) is 4.00. The molecule has 3 aromatic rings. The van der Waals surface area contributed by atoms with Crippen molar-refractivity contribution in [1.82, 2.24) is 14.5 Å². The van der Waals surface area contributed by atoms with Crippen molar-refractivity contribution in [3.8, 4) is 0 Å². The lowest BCUT2D eigenvalue weighted by Crippen LogP contribution is -2.49. The van der Waals surface area contributed by atoms with Crippen molar-refractivity contribution in [3.63, 3.8) is 0 Å². The van der Waals surface area contributed by atoms with Gasteiger partial charge in [-0.25, -0.2) is 12.7 Å². The summed E-state index contributed by atoms with van der Waals surface area (Å²) >= 11 is 3.43. The van der Waals surface area contributed by atoms with Crippen LogP contribution in [0.25, 0.3) is 0 Å². The molecule has 0 unspecified atom stereocenters. The number of hydrogen-bond donors (Lipinski definition) is 1. The molecular weight excluding hydrogens is 554 g/mol. The van der Waals surface area contributed by atoms with E-state index in [1.54, 1.807) is 42.3 Å². The number of benzene rings is 3. The zero-order chi connectivity index (χ0) is 26.8. The topological polar surface area (TPSA) is 86.8 Å². The molecule has 0 bridgehead atoms. The molecule has 0 heterocycles. The van der Waals surface area contributed by atoms with Crippen LogP contribution in [0.15, 0.2) is 94.3 Å². The molecule has 37 heavy (non-hydrogen) atoms. The van der Waals surface area contributed by atoms with Crippen molar-refractivity contribution < 1.29 is 18.0 Å². The largest absolute Gasteiger partial charge is 0.357 e. The molecule has 0 radical (unpaired) electrons. The molecule has 3 rings (SSSR count). The van der Waals surface area contributed by atoms with E-state index in [4.69, 9.17) is 0 Å². The summed E-state index contributed by atoms with van der Waals surface area (Å²) in [5.74, 6) is -0.462. The van der Waals surface area contributed by atoms with Gasteiger partial charge in [0.1, 0.15) is 6.04 Å². The summed E-state index contributed by atoms with van der Waals surface area (Å²) in [6.07, 6.45) is 0.794. The normalized spacial score (nSPS) is 12.2. The highest BCUT2D eigenvalue weighted by atomic mass is 79.9. The summed E-state index contributed by atoms with van der Waals surface area (Å²) in [4.78, 5) is 28.3. The van der Waals surface area contributed by atoms with Gasteiger partial charge in [0.2, 0.25) is 21.8 Å². The highest BCUT2D eigenvalue weighted by molar-refractivity contribution is 9.10. The van der Waals surface area contributed by atoms with E-state index in [0.29, 0.717) is 12.8 Å². The summed E-state index contributed by atoms with van der Waals surface area (Å²) in [5.41, 5.74) is 1.83. The van der Waals surface area contributed by atoms with Crippen LogP contribution in [-0.4, -0.2) is 56.1 Å². The Hall–Kier alpha value is -3.01. The molecule has 196 valence electrons. The third-order valence-electron chi connectivity index (χ3n) is 6.10. The zero-order valence-corrected chi connectivity index (χ0v) is 23.4. The maximum absolute atomic E-state index is 13.5. The Morgan fingerprint density at radius 3 is 2.08 bits per heavy atom. The van der Waals surface area contributed by atoms with Crippen molar-refractivity contribution >= 4 is 37.8 Å². The minimum atomic E-state index is -3.64. The van der Waals surface area contributed by atoms with Crippen molar-refractivity contribution in [3.05, 3.63) is 101 Å². The Morgan fingerprint density at radius 2 is 1.49 bits per heavy atom. The van der Waals surface area contributed by atoms with Gasteiger partial charge < -0.3 is 10.2 Å². The number of likely N-dealkylation sites (N-methyl/N-ethyl adjacent to an activating group) is 1. The summed E-state index contributed by atoms with van der Waals surface area (Å²) in [6, 6.07) is 24.7. The van der Waals surface area contributed by atoms with Gasteiger partial charge in [0.05, 0.1) is 4.90 Å². The van der Waals surface area contributed by atoms with E-state index in [1.807, 2.05) is 54.6 Å². The molecule has 1 N–H and O–H groups in total. The molecule has 0 saturated carbocycles. The first-order valence-electron chi connectivity index (χ1n) is 12.0. The Kier molecular flexibility index (Phi) is 10.4. The number of carbonyl (C=O) groups is 2. The van der Waals surface area contributed by atoms with E-state index in [1.165, 1.54) is 11.4 Å². The third-order valence-corrected chi connectivity index (χ3v) is 8.50. The molecule has 2 amide bonds. The third kappa shape index (κ3) is 7.99. The van der Waals surface area contributed by atoms with Crippen LogP contribution in [0.4, 0.5) is 0 Å². The van der Waals surface area contributed by atoms with Gasteiger partial charge in [0, 0.05) is 44.5 Å². The molecule has 9 heteroatoms. The zero-order valence-electron chi connectivity index (χ0n) is 21.0. The Labute approximate surface area is 227 Å². The highest BCUT2D eigenvalue weighted by Gasteiger charge is 2.30. The standard InChI is InChI=1S/C28H32BrN3O4S/c1-30-28(34)26(20-22-10-5-3-6-11-22)32(21-23-15-17-24(29)18-16-23)27(33)14-9-19-31(2)37(35,36)25-12-7-4-8-13-25/h3-8,10-13,15-18,26H,9,14,19-21H2,1-2H3,(H,30,34)/t26-/m1/s1. The maximum Gasteiger partial charge on any atom is 0.242 e. The molecule has 0 fully saturated rings. The van der Waals surface area contributed by atoms with Crippen LogP contribution in [0.3, 0.4) is 0 Å². The number of amides is 2. The van der Waals surface area contributed by atoms with Gasteiger partial charge in [-0.2, -0.15) is 0 Å². The van der Waals surface area contributed by atoms with E-state index >= 15 is 0 Å². The van der Waals surface area contributed by atoms with Gasteiger partial charge in [0.25, 0.3) is 0 Å². The lowest BCUT2D eigenvalue weighted by atomic mass is 10.0. The molecular formula is C28H32BrN3O4S. The summed E-state index contributed by atoms with van der Waals surface area (Å²) in [5, 5.41) is 2.70. The van der Waals surface area contributed by atoms with Crippen molar-refractivity contribution in [1.29, 1.82) is 0 Å².